The minimum atomic E-state index is -4.49. The van der Waals surface area contributed by atoms with E-state index in [0.717, 1.165) is 18.9 Å². The van der Waals surface area contributed by atoms with Gasteiger partial charge in [0, 0.05) is 11.6 Å². The van der Waals surface area contributed by atoms with Crippen LogP contribution in [0.25, 0.3) is 16.9 Å². The lowest BCUT2D eigenvalue weighted by atomic mass is 10.0. The number of nitrogens with zero attached hydrogens (tertiary/aromatic N) is 5. The maximum atomic E-state index is 15.1. The van der Waals surface area contributed by atoms with E-state index < -0.39 is 23.4 Å². The molecule has 6 rings (SSSR count). The van der Waals surface area contributed by atoms with Crippen LogP contribution >= 0.6 is 0 Å². The van der Waals surface area contributed by atoms with Gasteiger partial charge in [-0.2, -0.15) is 28.6 Å². The van der Waals surface area contributed by atoms with Crippen molar-refractivity contribution in [2.24, 2.45) is 0 Å². The fraction of sp³-hybridized carbons (Fsp3) is 0.259. The normalized spacial score (nSPS) is 15.9. The van der Waals surface area contributed by atoms with Crippen LogP contribution in [0.15, 0.2) is 54.6 Å². The quantitative estimate of drug-likeness (QED) is 0.258. The summed E-state index contributed by atoms with van der Waals surface area (Å²) in [5.74, 6) is -0.594. The van der Waals surface area contributed by atoms with Crippen LogP contribution in [0, 0.1) is 17.1 Å². The van der Waals surface area contributed by atoms with Crippen LogP contribution in [0.4, 0.5) is 39.7 Å². The van der Waals surface area contributed by atoms with E-state index in [9.17, 15) is 23.2 Å². The summed E-state index contributed by atoms with van der Waals surface area (Å²) in [6.45, 7) is 0. The maximum absolute atomic E-state index is 15.1. The molecule has 2 aliphatic carbocycles. The first-order valence-electron chi connectivity index (χ1n) is 12.5. The zero-order valence-corrected chi connectivity index (χ0v) is 20.8. The first-order valence-corrected chi connectivity index (χ1v) is 12.5. The van der Waals surface area contributed by atoms with Crippen molar-refractivity contribution in [1.29, 1.82) is 5.26 Å². The molecule has 2 aromatic heterocycles. The van der Waals surface area contributed by atoms with Crippen molar-refractivity contribution < 1.29 is 22.4 Å². The second kappa shape index (κ2) is 9.11. The van der Waals surface area contributed by atoms with E-state index in [1.165, 1.54) is 22.9 Å². The lowest BCUT2D eigenvalue weighted by Crippen LogP contribution is -2.29. The number of amides is 2. The molecule has 9 nitrogen and oxygen atoms in total. The molecule has 2 amide bonds. The predicted molar refractivity (Wildman–Crippen MR) is 138 cm³/mol. The van der Waals surface area contributed by atoms with Gasteiger partial charge in [0.1, 0.15) is 40.2 Å². The Bertz CT molecular complexity index is 1660. The third kappa shape index (κ3) is 4.31. The van der Waals surface area contributed by atoms with E-state index in [0.29, 0.717) is 11.3 Å². The van der Waals surface area contributed by atoms with E-state index in [1.54, 1.807) is 35.0 Å². The van der Waals surface area contributed by atoms with Gasteiger partial charge in [-0.3, -0.25) is 5.32 Å². The molecule has 0 unspecified atom stereocenters. The number of carbonyl (C=O) groups is 1. The molecule has 4 aromatic rings. The highest BCUT2D eigenvalue weighted by Crippen LogP contribution is 2.58. The topological polar surface area (TPSA) is 127 Å². The van der Waals surface area contributed by atoms with E-state index in [1.807, 2.05) is 6.07 Å². The predicted octanol–water partition coefficient (Wildman–Crippen LogP) is 5.90. The van der Waals surface area contributed by atoms with Gasteiger partial charge in [-0.25, -0.2) is 18.5 Å². The average molecular weight is 551 g/mol. The number of aromatic nitrogens is 4. The van der Waals surface area contributed by atoms with Crippen molar-refractivity contribution in [3.63, 3.8) is 0 Å². The molecule has 4 N–H and O–H groups in total. The molecule has 0 bridgehead atoms. The highest BCUT2D eigenvalue weighted by Gasteiger charge is 2.66. The molecule has 13 heteroatoms. The zero-order chi connectivity index (χ0) is 28.2. The summed E-state index contributed by atoms with van der Waals surface area (Å²) < 4.78 is 59.1. The van der Waals surface area contributed by atoms with Crippen molar-refractivity contribution in [3.05, 3.63) is 71.7 Å². The number of nitriles is 1. The summed E-state index contributed by atoms with van der Waals surface area (Å²) in [7, 11) is 0. The third-order valence-corrected chi connectivity index (χ3v) is 7.18. The second-order valence-electron chi connectivity index (χ2n) is 9.91. The van der Waals surface area contributed by atoms with Crippen LogP contribution in [-0.2, 0) is 5.41 Å². The number of urea groups is 1. The molecule has 0 spiro atoms. The van der Waals surface area contributed by atoms with Crippen molar-refractivity contribution in [2.45, 2.75) is 43.3 Å². The standard InChI is InChI=1S/C27H22F4N8O/c28-19-12-15(23-18(14-32)24(33)39(37-23)17-7-8-17)6-9-20(19)34-25(40)35-22-13-21(26(10-11-26)27(29,30)31)36-38(22)16-4-2-1-3-5-16/h1-6,9,12-13,17H,7-8,10-11,33H2,(H2,34,35,40). The molecule has 0 atom stereocenters. The number of para-hydroxylation sites is 1. The van der Waals surface area contributed by atoms with E-state index in [2.05, 4.69) is 20.8 Å². The molecule has 0 aliphatic heterocycles. The number of halogens is 4. The largest absolute Gasteiger partial charge is 0.400 e. The number of anilines is 3. The number of nitrogens with two attached hydrogens (primary N) is 1. The van der Waals surface area contributed by atoms with Gasteiger partial charge in [0.05, 0.1) is 23.1 Å². The number of hydrogen-bond donors (Lipinski definition) is 3. The minimum absolute atomic E-state index is 0.00833. The van der Waals surface area contributed by atoms with Gasteiger partial charge in [-0.15, -0.1) is 0 Å². The van der Waals surface area contributed by atoms with Crippen LogP contribution in [0.5, 0.6) is 0 Å². The Labute approximate surface area is 225 Å². The lowest BCUT2D eigenvalue weighted by molar-refractivity contribution is -0.161. The van der Waals surface area contributed by atoms with Gasteiger partial charge >= 0.3 is 12.2 Å². The van der Waals surface area contributed by atoms with Crippen molar-refractivity contribution in [3.8, 4) is 23.0 Å². The van der Waals surface area contributed by atoms with Crippen molar-refractivity contribution >= 4 is 23.4 Å². The van der Waals surface area contributed by atoms with Gasteiger partial charge < -0.3 is 11.1 Å². The number of carbonyl (C=O) groups excluding carboxylic acids is 1. The summed E-state index contributed by atoms with van der Waals surface area (Å²) in [5, 5.41) is 23.0. The van der Waals surface area contributed by atoms with Crippen LogP contribution in [0.1, 0.15) is 43.0 Å². The molecular weight excluding hydrogens is 528 g/mol. The molecular formula is C27H22F4N8O. The van der Waals surface area contributed by atoms with Crippen LogP contribution in [-0.4, -0.2) is 31.8 Å². The summed E-state index contributed by atoms with van der Waals surface area (Å²) in [5.41, 5.74) is 4.74. The molecule has 2 saturated carbocycles. The molecule has 2 aromatic carbocycles. The molecule has 2 heterocycles. The lowest BCUT2D eigenvalue weighted by Gasteiger charge is -2.16. The van der Waals surface area contributed by atoms with Gasteiger partial charge in [0.25, 0.3) is 0 Å². The first-order chi connectivity index (χ1) is 19.1. The van der Waals surface area contributed by atoms with E-state index >= 15 is 4.39 Å². The maximum Gasteiger partial charge on any atom is 0.400 e. The summed E-state index contributed by atoms with van der Waals surface area (Å²) in [6.07, 6.45) is -2.89. The molecule has 40 heavy (non-hydrogen) atoms. The molecule has 2 aliphatic rings. The van der Waals surface area contributed by atoms with Crippen molar-refractivity contribution in [2.75, 3.05) is 16.4 Å². The Kier molecular flexibility index (Phi) is 5.79. The number of nitrogen functional groups attached to an aromatic ring is 1. The highest BCUT2D eigenvalue weighted by molar-refractivity contribution is 5.99. The minimum Gasteiger partial charge on any atom is -0.383 e. The van der Waals surface area contributed by atoms with Crippen LogP contribution < -0.4 is 16.4 Å². The summed E-state index contributed by atoms with van der Waals surface area (Å²) in [6, 6.07) is 14.8. The van der Waals surface area contributed by atoms with Crippen LogP contribution in [0.3, 0.4) is 0 Å². The Morgan fingerprint density at radius 1 is 1.07 bits per heavy atom. The van der Waals surface area contributed by atoms with Crippen molar-refractivity contribution in [1.82, 2.24) is 19.6 Å². The van der Waals surface area contributed by atoms with Gasteiger partial charge in [-0.05, 0) is 49.9 Å². The summed E-state index contributed by atoms with van der Waals surface area (Å²) in [4.78, 5) is 12.8. The number of benzene rings is 2. The molecule has 0 saturated heterocycles. The van der Waals surface area contributed by atoms with Crippen LogP contribution in [0.2, 0.25) is 0 Å². The fourth-order valence-electron chi connectivity index (χ4n) is 4.67. The Balaban J connectivity index is 1.25. The Morgan fingerprint density at radius 3 is 2.40 bits per heavy atom. The molecule has 204 valence electrons. The van der Waals surface area contributed by atoms with Gasteiger partial charge in [-0.1, -0.05) is 24.3 Å². The number of nitrogens with one attached hydrogen (secondary N) is 2. The molecule has 0 radical (unpaired) electrons. The highest BCUT2D eigenvalue weighted by atomic mass is 19.4. The van der Waals surface area contributed by atoms with E-state index in [-0.39, 0.29) is 53.2 Å². The number of rotatable bonds is 6. The van der Waals surface area contributed by atoms with Gasteiger partial charge in [0.15, 0.2) is 0 Å². The summed E-state index contributed by atoms with van der Waals surface area (Å²) >= 11 is 0. The smallest absolute Gasteiger partial charge is 0.383 e. The van der Waals surface area contributed by atoms with E-state index in [4.69, 9.17) is 5.73 Å². The van der Waals surface area contributed by atoms with Gasteiger partial charge in [0.2, 0.25) is 0 Å². The Morgan fingerprint density at radius 2 is 1.80 bits per heavy atom. The average Bonchev–Trinajstić information content (AvgIpc) is 3.85. The second-order valence-corrected chi connectivity index (χ2v) is 9.91. The zero-order valence-electron chi connectivity index (χ0n) is 20.8. The SMILES string of the molecule is N#Cc1c(-c2ccc(NC(=O)Nc3cc(C4(C(F)(F)F)CC4)nn3-c3ccccc3)c(F)c2)nn(C2CC2)c1N. The first kappa shape index (κ1) is 25.4. The monoisotopic (exact) mass is 550 g/mol. The Hall–Kier alpha value is -4.86. The number of alkyl halides is 3. The number of hydrogen-bond acceptors (Lipinski definition) is 5. The third-order valence-electron chi connectivity index (χ3n) is 7.18. The molecule has 2 fully saturated rings. The fourth-order valence-corrected chi connectivity index (χ4v) is 4.67.